The van der Waals surface area contributed by atoms with E-state index < -0.39 is 0 Å². The average Bonchev–Trinajstić information content (AvgIpc) is 2.57. The van der Waals surface area contributed by atoms with Crippen molar-refractivity contribution in [1.29, 1.82) is 0 Å². The molecule has 3 rings (SSSR count). The van der Waals surface area contributed by atoms with Crippen molar-refractivity contribution in [1.82, 2.24) is 10.6 Å². The quantitative estimate of drug-likeness (QED) is 0.739. The highest BCUT2D eigenvalue weighted by atomic mass is 16.2. The number of anilines is 1. The molecule has 5 nitrogen and oxygen atoms in total. The van der Waals surface area contributed by atoms with Gasteiger partial charge < -0.3 is 16.0 Å². The molecule has 0 spiro atoms. The number of carbonyl (C=O) groups is 2. The van der Waals surface area contributed by atoms with E-state index in [0.717, 1.165) is 37.1 Å². The molecule has 5 heteroatoms. The largest absolute Gasteiger partial charge is 0.387 e. The van der Waals surface area contributed by atoms with Crippen LogP contribution in [-0.4, -0.2) is 30.8 Å². The smallest absolute Gasteiger partial charge is 0.260 e. The number of rotatable bonds is 4. The molecule has 1 amide bonds. The fourth-order valence-electron chi connectivity index (χ4n) is 3.29. The van der Waals surface area contributed by atoms with E-state index in [9.17, 15) is 9.59 Å². The van der Waals surface area contributed by atoms with Crippen LogP contribution in [0.2, 0.25) is 0 Å². The van der Waals surface area contributed by atoms with Crippen LogP contribution < -0.4 is 16.0 Å². The summed E-state index contributed by atoms with van der Waals surface area (Å²) in [5.74, 6) is -0.540. The van der Waals surface area contributed by atoms with Gasteiger partial charge in [0.15, 0.2) is 5.78 Å². The average molecular weight is 313 g/mol. The topological polar surface area (TPSA) is 70.2 Å². The molecule has 2 aliphatic heterocycles. The Kier molecular flexibility index (Phi) is 4.76. The molecule has 1 aromatic rings. The number of Topliss-reactive ketones (excluding diaryl/α,β-unsaturated/α-hetero) is 1. The molecule has 0 aromatic heterocycles. The minimum atomic E-state index is -0.324. The molecule has 23 heavy (non-hydrogen) atoms. The van der Waals surface area contributed by atoms with Crippen LogP contribution in [0.15, 0.2) is 36.0 Å². The number of fused-ring (bicyclic) bond motifs is 1. The molecular weight excluding hydrogens is 290 g/mol. The van der Waals surface area contributed by atoms with E-state index in [1.807, 2.05) is 24.3 Å². The van der Waals surface area contributed by atoms with Gasteiger partial charge in [0, 0.05) is 24.5 Å². The Labute approximate surface area is 136 Å². The maximum Gasteiger partial charge on any atom is 0.260 e. The van der Waals surface area contributed by atoms with E-state index in [2.05, 4.69) is 22.9 Å². The highest BCUT2D eigenvalue weighted by molar-refractivity contribution is 6.24. The second kappa shape index (κ2) is 6.96. The number of carbonyl (C=O) groups excluding carboxylic acids is 2. The Morgan fingerprint density at radius 2 is 2.17 bits per heavy atom. The number of piperidine rings is 1. The van der Waals surface area contributed by atoms with Crippen LogP contribution in [0.3, 0.4) is 0 Å². The second-order valence-corrected chi connectivity index (χ2v) is 6.16. The van der Waals surface area contributed by atoms with Gasteiger partial charge in [-0.2, -0.15) is 0 Å². The van der Waals surface area contributed by atoms with Crippen LogP contribution >= 0.6 is 0 Å². The van der Waals surface area contributed by atoms with E-state index >= 15 is 0 Å². The normalized spacial score (nSPS) is 23.5. The van der Waals surface area contributed by atoms with Crippen LogP contribution in [0.1, 0.15) is 25.3 Å². The lowest BCUT2D eigenvalue weighted by Gasteiger charge is -2.35. The van der Waals surface area contributed by atoms with Gasteiger partial charge in [-0.05, 0) is 31.0 Å². The number of nitrogens with one attached hydrogen (secondary N) is 3. The summed E-state index contributed by atoms with van der Waals surface area (Å²) in [5.41, 5.74) is 2.11. The number of hydrogen-bond donors (Lipinski definition) is 3. The van der Waals surface area contributed by atoms with Crippen molar-refractivity contribution in [3.8, 4) is 0 Å². The van der Waals surface area contributed by atoms with Gasteiger partial charge in [0.2, 0.25) is 0 Å². The molecule has 1 saturated heterocycles. The van der Waals surface area contributed by atoms with Gasteiger partial charge in [0.1, 0.15) is 0 Å². The Hall–Kier alpha value is -2.14. The number of amides is 1. The summed E-state index contributed by atoms with van der Waals surface area (Å²) in [7, 11) is 0. The predicted octanol–water partition coefficient (Wildman–Crippen LogP) is 1.61. The van der Waals surface area contributed by atoms with E-state index in [-0.39, 0.29) is 29.2 Å². The number of para-hydroxylation sites is 1. The second-order valence-electron chi connectivity index (χ2n) is 6.16. The summed E-state index contributed by atoms with van der Waals surface area (Å²) in [6.45, 7) is 3.64. The molecule has 1 fully saturated rings. The number of hydrogen-bond acceptors (Lipinski definition) is 4. The summed E-state index contributed by atoms with van der Waals surface area (Å²) in [6, 6.07) is 7.90. The van der Waals surface area contributed by atoms with Crippen molar-refractivity contribution in [3.63, 3.8) is 0 Å². The van der Waals surface area contributed by atoms with Gasteiger partial charge >= 0.3 is 0 Å². The molecule has 0 saturated carbocycles. The van der Waals surface area contributed by atoms with Gasteiger partial charge in [-0.25, -0.2) is 0 Å². The fourth-order valence-corrected chi connectivity index (χ4v) is 3.29. The first-order valence-electron chi connectivity index (χ1n) is 8.31. The van der Waals surface area contributed by atoms with Gasteiger partial charge in [-0.3, -0.25) is 9.59 Å². The third kappa shape index (κ3) is 3.29. The van der Waals surface area contributed by atoms with Crippen LogP contribution in [-0.2, 0) is 16.0 Å². The number of aryl methyl sites for hydroxylation is 1. The lowest BCUT2D eigenvalue weighted by Crippen LogP contribution is -2.53. The first-order valence-corrected chi connectivity index (χ1v) is 8.31. The van der Waals surface area contributed by atoms with Crippen molar-refractivity contribution in [2.45, 2.75) is 32.2 Å². The highest BCUT2D eigenvalue weighted by Crippen LogP contribution is 2.23. The van der Waals surface area contributed by atoms with E-state index in [1.54, 1.807) is 6.20 Å². The highest BCUT2D eigenvalue weighted by Gasteiger charge is 2.37. The van der Waals surface area contributed by atoms with Crippen molar-refractivity contribution < 1.29 is 9.59 Å². The zero-order valence-electron chi connectivity index (χ0n) is 13.4. The summed E-state index contributed by atoms with van der Waals surface area (Å²) >= 11 is 0. The van der Waals surface area contributed by atoms with Crippen molar-refractivity contribution in [3.05, 3.63) is 41.6 Å². The van der Waals surface area contributed by atoms with Crippen molar-refractivity contribution in [2.24, 2.45) is 5.92 Å². The number of ketones is 1. The van der Waals surface area contributed by atoms with Crippen LogP contribution in [0.4, 0.5) is 5.69 Å². The maximum atomic E-state index is 12.6. The molecule has 0 bridgehead atoms. The summed E-state index contributed by atoms with van der Waals surface area (Å²) in [4.78, 5) is 25.1. The lowest BCUT2D eigenvalue weighted by atomic mass is 9.84. The molecule has 2 atom stereocenters. The van der Waals surface area contributed by atoms with E-state index in [0.29, 0.717) is 6.54 Å². The predicted molar refractivity (Wildman–Crippen MR) is 90.1 cm³/mol. The first-order chi connectivity index (χ1) is 11.2. The molecule has 3 N–H and O–H groups in total. The summed E-state index contributed by atoms with van der Waals surface area (Å²) < 4.78 is 0. The van der Waals surface area contributed by atoms with E-state index in [4.69, 9.17) is 0 Å². The molecule has 2 unspecified atom stereocenters. The van der Waals surface area contributed by atoms with Gasteiger partial charge in [0.25, 0.3) is 5.91 Å². The minimum absolute atomic E-state index is 0.0635. The molecule has 2 heterocycles. The summed E-state index contributed by atoms with van der Waals surface area (Å²) in [6.07, 6.45) is 4.40. The van der Waals surface area contributed by atoms with Gasteiger partial charge in [0.05, 0.1) is 11.5 Å². The van der Waals surface area contributed by atoms with Crippen LogP contribution in [0.5, 0.6) is 0 Å². The molecule has 2 aliphatic rings. The Morgan fingerprint density at radius 3 is 3.00 bits per heavy atom. The standard InChI is InChI=1S/C18H23N3O2/c1-2-5-12-6-3-4-7-15(12)21-18(23)14-11-20-16-8-9-19-10-13(16)17(14)22/h3-4,6-7,11,13,16,19-20H,2,5,8-10H2,1H3,(H,21,23). The molecular formula is C18H23N3O2. The van der Waals surface area contributed by atoms with Crippen LogP contribution in [0, 0.1) is 5.92 Å². The Balaban J connectivity index is 1.76. The first kappa shape index (κ1) is 15.7. The molecule has 1 aromatic carbocycles. The number of benzene rings is 1. The summed E-state index contributed by atoms with van der Waals surface area (Å²) in [5, 5.41) is 9.36. The van der Waals surface area contributed by atoms with E-state index in [1.165, 1.54) is 0 Å². The third-order valence-electron chi connectivity index (χ3n) is 4.56. The van der Waals surface area contributed by atoms with Crippen molar-refractivity contribution >= 4 is 17.4 Å². The Morgan fingerprint density at radius 1 is 1.35 bits per heavy atom. The zero-order chi connectivity index (χ0) is 16.2. The van der Waals surface area contributed by atoms with Crippen molar-refractivity contribution in [2.75, 3.05) is 18.4 Å². The minimum Gasteiger partial charge on any atom is -0.387 e. The van der Waals surface area contributed by atoms with Gasteiger partial charge in [-0.1, -0.05) is 31.5 Å². The zero-order valence-corrected chi connectivity index (χ0v) is 13.4. The SMILES string of the molecule is CCCc1ccccc1NC(=O)C1=CNC2CCNCC2C1=O. The molecule has 0 aliphatic carbocycles. The Bertz CT molecular complexity index is 639. The van der Waals surface area contributed by atoms with Crippen LogP contribution in [0.25, 0.3) is 0 Å². The monoisotopic (exact) mass is 313 g/mol. The fraction of sp³-hybridized carbons (Fsp3) is 0.444. The maximum absolute atomic E-state index is 12.6. The molecule has 0 radical (unpaired) electrons. The lowest BCUT2D eigenvalue weighted by molar-refractivity contribution is -0.124. The van der Waals surface area contributed by atoms with Gasteiger partial charge in [-0.15, -0.1) is 0 Å². The molecule has 122 valence electrons. The third-order valence-corrected chi connectivity index (χ3v) is 4.56.